The van der Waals surface area contributed by atoms with E-state index in [0.29, 0.717) is 6.42 Å². The van der Waals surface area contributed by atoms with Crippen molar-refractivity contribution in [3.05, 3.63) is 35.4 Å². The highest BCUT2D eigenvalue weighted by atomic mass is 16.2. The maximum absolute atomic E-state index is 12.4. The first kappa shape index (κ1) is 12.7. The molecule has 0 unspecified atom stereocenters. The van der Waals surface area contributed by atoms with Crippen molar-refractivity contribution in [3.8, 4) is 0 Å². The van der Waals surface area contributed by atoms with Crippen LogP contribution in [0, 0.1) is 0 Å². The first-order valence-corrected chi connectivity index (χ1v) is 7.30. The Morgan fingerprint density at radius 1 is 1.11 bits per heavy atom. The molecule has 1 aliphatic carbocycles. The van der Waals surface area contributed by atoms with Gasteiger partial charge in [-0.15, -0.1) is 0 Å². The van der Waals surface area contributed by atoms with Crippen LogP contribution in [0.2, 0.25) is 0 Å². The minimum Gasteiger partial charge on any atom is -0.334 e. The van der Waals surface area contributed by atoms with Gasteiger partial charge in [0.2, 0.25) is 5.91 Å². The lowest BCUT2D eigenvalue weighted by Crippen LogP contribution is -2.46. The van der Waals surface area contributed by atoms with Gasteiger partial charge in [-0.25, -0.2) is 0 Å². The molecule has 0 saturated heterocycles. The van der Waals surface area contributed by atoms with Gasteiger partial charge in [0.25, 0.3) is 0 Å². The first-order chi connectivity index (χ1) is 9.16. The van der Waals surface area contributed by atoms with Crippen molar-refractivity contribution < 1.29 is 4.79 Å². The minimum atomic E-state index is -0.246. The van der Waals surface area contributed by atoms with Crippen LogP contribution in [0.3, 0.4) is 0 Å². The minimum absolute atomic E-state index is 0.223. The zero-order valence-electron chi connectivity index (χ0n) is 11.4. The van der Waals surface area contributed by atoms with Crippen molar-refractivity contribution in [2.24, 2.45) is 5.73 Å². The fraction of sp³-hybridized carbons (Fsp3) is 0.562. The van der Waals surface area contributed by atoms with Crippen molar-refractivity contribution in [3.63, 3.8) is 0 Å². The van der Waals surface area contributed by atoms with Gasteiger partial charge in [-0.2, -0.15) is 0 Å². The molecule has 1 fully saturated rings. The smallest absolute Gasteiger partial charge is 0.225 e. The lowest BCUT2D eigenvalue weighted by molar-refractivity contribution is -0.133. The van der Waals surface area contributed by atoms with E-state index in [1.165, 1.54) is 30.4 Å². The van der Waals surface area contributed by atoms with Gasteiger partial charge < -0.3 is 10.6 Å². The van der Waals surface area contributed by atoms with E-state index < -0.39 is 0 Å². The number of hydrogen-bond acceptors (Lipinski definition) is 2. The van der Waals surface area contributed by atoms with E-state index in [1.54, 1.807) is 0 Å². The van der Waals surface area contributed by atoms with Crippen LogP contribution < -0.4 is 5.73 Å². The van der Waals surface area contributed by atoms with Gasteiger partial charge in [-0.3, -0.25) is 4.79 Å². The topological polar surface area (TPSA) is 46.3 Å². The third-order valence-electron chi connectivity index (χ3n) is 4.55. The van der Waals surface area contributed by atoms with Crippen LogP contribution >= 0.6 is 0 Å². The van der Waals surface area contributed by atoms with Crippen LogP contribution in [0.4, 0.5) is 0 Å². The summed E-state index contributed by atoms with van der Waals surface area (Å²) < 4.78 is 0. The molecule has 1 heterocycles. The summed E-state index contributed by atoms with van der Waals surface area (Å²) in [6.07, 6.45) is 6.12. The van der Waals surface area contributed by atoms with Gasteiger partial charge in [0.1, 0.15) is 0 Å². The molecular formula is C16H22N2O. The second kappa shape index (κ2) is 4.97. The predicted molar refractivity (Wildman–Crippen MR) is 75.3 cm³/mol. The molecule has 3 heteroatoms. The normalized spacial score (nSPS) is 21.2. The third kappa shape index (κ3) is 2.66. The summed E-state index contributed by atoms with van der Waals surface area (Å²) in [6, 6.07) is 8.31. The molecule has 1 aliphatic heterocycles. The van der Waals surface area contributed by atoms with E-state index in [1.807, 2.05) is 17.0 Å². The van der Waals surface area contributed by atoms with Crippen LogP contribution in [0.15, 0.2) is 24.3 Å². The summed E-state index contributed by atoms with van der Waals surface area (Å²) in [5, 5.41) is 0. The van der Waals surface area contributed by atoms with Crippen molar-refractivity contribution in [2.45, 2.75) is 57.2 Å². The number of amides is 1. The first-order valence-electron chi connectivity index (χ1n) is 7.30. The van der Waals surface area contributed by atoms with Crippen molar-refractivity contribution in [1.82, 2.24) is 4.90 Å². The number of rotatable bonds is 2. The largest absolute Gasteiger partial charge is 0.334 e. The molecule has 3 rings (SSSR count). The van der Waals surface area contributed by atoms with Gasteiger partial charge in [-0.05, 0) is 24.0 Å². The summed E-state index contributed by atoms with van der Waals surface area (Å²) >= 11 is 0. The van der Waals surface area contributed by atoms with E-state index in [-0.39, 0.29) is 11.4 Å². The molecule has 2 aliphatic rings. The Hall–Kier alpha value is -1.35. The van der Waals surface area contributed by atoms with E-state index >= 15 is 0 Å². The molecule has 0 spiro atoms. The molecule has 0 aromatic heterocycles. The number of fused-ring (bicyclic) bond motifs is 1. The molecular weight excluding hydrogens is 236 g/mol. The highest BCUT2D eigenvalue weighted by Crippen LogP contribution is 2.31. The molecule has 1 aromatic rings. The van der Waals surface area contributed by atoms with Gasteiger partial charge in [0.05, 0.1) is 0 Å². The van der Waals surface area contributed by atoms with Crippen LogP contribution in [-0.2, 0) is 17.9 Å². The zero-order chi connectivity index (χ0) is 13.3. The Bertz CT molecular complexity index is 452. The van der Waals surface area contributed by atoms with E-state index in [0.717, 1.165) is 25.9 Å². The number of hydrogen-bond donors (Lipinski definition) is 1. The highest BCUT2D eigenvalue weighted by molar-refractivity contribution is 5.78. The summed E-state index contributed by atoms with van der Waals surface area (Å²) in [7, 11) is 0. The van der Waals surface area contributed by atoms with Crippen LogP contribution in [-0.4, -0.2) is 16.3 Å². The fourth-order valence-corrected chi connectivity index (χ4v) is 3.36. The van der Waals surface area contributed by atoms with Gasteiger partial charge >= 0.3 is 0 Å². The second-order valence-corrected chi connectivity index (χ2v) is 6.12. The molecule has 1 aromatic carbocycles. The van der Waals surface area contributed by atoms with Crippen LogP contribution in [0.25, 0.3) is 0 Å². The molecule has 1 amide bonds. The Labute approximate surface area is 114 Å². The summed E-state index contributed by atoms with van der Waals surface area (Å²) in [5.74, 6) is 0.223. The third-order valence-corrected chi connectivity index (χ3v) is 4.55. The Morgan fingerprint density at radius 3 is 2.26 bits per heavy atom. The molecule has 1 saturated carbocycles. The van der Waals surface area contributed by atoms with Gasteiger partial charge in [0, 0.05) is 25.0 Å². The number of benzene rings is 1. The lowest BCUT2D eigenvalue weighted by Gasteiger charge is -2.34. The highest BCUT2D eigenvalue weighted by Gasteiger charge is 2.33. The summed E-state index contributed by atoms with van der Waals surface area (Å²) in [5.41, 5.74) is 8.71. The number of carbonyl (C=O) groups is 1. The van der Waals surface area contributed by atoms with Crippen molar-refractivity contribution in [2.75, 3.05) is 0 Å². The average molecular weight is 258 g/mol. The Kier molecular flexibility index (Phi) is 3.31. The molecule has 102 valence electrons. The van der Waals surface area contributed by atoms with Crippen molar-refractivity contribution >= 4 is 5.91 Å². The van der Waals surface area contributed by atoms with Crippen molar-refractivity contribution in [1.29, 1.82) is 0 Å². The number of nitrogens with two attached hydrogens (primary N) is 1. The molecule has 0 atom stereocenters. The SMILES string of the molecule is NC1(CC(=O)N2Cc3ccccc3C2)CCCCC1. The van der Waals surface area contributed by atoms with Crippen LogP contribution in [0.1, 0.15) is 49.7 Å². The van der Waals surface area contributed by atoms with E-state index in [4.69, 9.17) is 5.73 Å². The maximum Gasteiger partial charge on any atom is 0.225 e. The lowest BCUT2D eigenvalue weighted by atomic mass is 9.80. The number of carbonyl (C=O) groups excluding carboxylic acids is 1. The average Bonchev–Trinajstić information content (AvgIpc) is 2.83. The summed E-state index contributed by atoms with van der Waals surface area (Å²) in [6.45, 7) is 1.51. The second-order valence-electron chi connectivity index (χ2n) is 6.12. The van der Waals surface area contributed by atoms with Crippen LogP contribution in [0.5, 0.6) is 0 Å². The quantitative estimate of drug-likeness (QED) is 0.886. The van der Waals surface area contributed by atoms with E-state index in [9.17, 15) is 4.79 Å². The molecule has 19 heavy (non-hydrogen) atoms. The Balaban J connectivity index is 1.63. The molecule has 0 bridgehead atoms. The standard InChI is InChI=1S/C16H22N2O/c17-16(8-4-1-5-9-16)10-15(19)18-11-13-6-2-3-7-14(13)12-18/h2-3,6-7H,1,4-5,8-12,17H2. The molecule has 2 N–H and O–H groups in total. The maximum atomic E-state index is 12.4. The van der Waals surface area contributed by atoms with Gasteiger partial charge in [-0.1, -0.05) is 43.5 Å². The zero-order valence-corrected chi connectivity index (χ0v) is 11.4. The molecule has 3 nitrogen and oxygen atoms in total. The summed E-state index contributed by atoms with van der Waals surface area (Å²) in [4.78, 5) is 14.4. The van der Waals surface area contributed by atoms with E-state index in [2.05, 4.69) is 12.1 Å². The number of nitrogens with zero attached hydrogens (tertiary/aromatic N) is 1. The fourth-order valence-electron chi connectivity index (χ4n) is 3.36. The monoisotopic (exact) mass is 258 g/mol. The van der Waals surface area contributed by atoms with Gasteiger partial charge in [0.15, 0.2) is 0 Å². The predicted octanol–water partition coefficient (Wildman–Crippen LogP) is 2.58. The Morgan fingerprint density at radius 2 is 1.68 bits per heavy atom. The molecule has 0 radical (unpaired) electrons.